The molecule has 1 N–H and O–H groups in total. The van der Waals surface area contributed by atoms with Gasteiger partial charge in [0.15, 0.2) is 0 Å². The van der Waals surface area contributed by atoms with Crippen LogP contribution in [0.25, 0.3) is 0 Å². The molecular weight excluding hydrogens is 570 g/mol. The van der Waals surface area contributed by atoms with E-state index in [2.05, 4.69) is 5.32 Å². The Labute approximate surface area is 254 Å². The molecule has 4 rings (SSSR count). The van der Waals surface area contributed by atoms with Crippen molar-refractivity contribution < 1.29 is 18.0 Å². The summed E-state index contributed by atoms with van der Waals surface area (Å²) in [6.07, 6.45) is 5.13. The van der Waals surface area contributed by atoms with Gasteiger partial charge in [-0.3, -0.25) is 13.9 Å². The van der Waals surface area contributed by atoms with E-state index in [1.165, 1.54) is 17.0 Å². The molecule has 0 bridgehead atoms. The number of benzene rings is 3. The van der Waals surface area contributed by atoms with Crippen molar-refractivity contribution in [1.82, 2.24) is 10.2 Å². The van der Waals surface area contributed by atoms with E-state index in [9.17, 15) is 18.0 Å². The highest BCUT2D eigenvalue weighted by Crippen LogP contribution is 2.29. The quantitative estimate of drug-likeness (QED) is 0.291. The minimum Gasteiger partial charge on any atom is -0.352 e. The lowest BCUT2D eigenvalue weighted by Crippen LogP contribution is -2.53. The SMILES string of the molecule is Cc1ccc(S(=O)(=O)N(CC(=O)N(Cc2cccc(C)c2)C(C)C(=O)NC2CCCCC2)c2ccc(C)c(Cl)c2)cc1. The Morgan fingerprint density at radius 1 is 0.929 bits per heavy atom. The number of nitrogens with zero attached hydrogens (tertiary/aromatic N) is 2. The Balaban J connectivity index is 1.69. The van der Waals surface area contributed by atoms with Crippen LogP contribution in [0.2, 0.25) is 5.02 Å². The number of sulfonamides is 1. The Morgan fingerprint density at radius 2 is 1.62 bits per heavy atom. The Hall–Kier alpha value is -3.36. The van der Waals surface area contributed by atoms with Crippen LogP contribution in [-0.4, -0.2) is 43.8 Å². The molecule has 1 atom stereocenters. The van der Waals surface area contributed by atoms with Gasteiger partial charge < -0.3 is 10.2 Å². The van der Waals surface area contributed by atoms with Gasteiger partial charge in [0, 0.05) is 17.6 Å². The highest BCUT2D eigenvalue weighted by atomic mass is 35.5. The fraction of sp³-hybridized carbons (Fsp3) is 0.394. The summed E-state index contributed by atoms with van der Waals surface area (Å²) in [4.78, 5) is 29.1. The zero-order valence-corrected chi connectivity index (χ0v) is 26.3. The van der Waals surface area contributed by atoms with Crippen molar-refractivity contribution >= 4 is 39.1 Å². The van der Waals surface area contributed by atoms with E-state index in [0.29, 0.717) is 5.02 Å². The third kappa shape index (κ3) is 7.72. The predicted octanol–water partition coefficient (Wildman–Crippen LogP) is 6.33. The molecule has 3 aromatic carbocycles. The fourth-order valence-corrected chi connectivity index (χ4v) is 6.84. The van der Waals surface area contributed by atoms with E-state index < -0.39 is 28.5 Å². The number of carbonyl (C=O) groups excluding carboxylic acids is 2. The average molecular weight is 610 g/mol. The van der Waals surface area contributed by atoms with Crippen LogP contribution in [0.15, 0.2) is 71.6 Å². The Morgan fingerprint density at radius 3 is 2.26 bits per heavy atom. The lowest BCUT2D eigenvalue weighted by atomic mass is 9.95. The number of halogens is 1. The van der Waals surface area contributed by atoms with E-state index >= 15 is 0 Å². The maximum atomic E-state index is 14.1. The summed E-state index contributed by atoms with van der Waals surface area (Å²) >= 11 is 6.41. The van der Waals surface area contributed by atoms with Crippen LogP contribution in [0.1, 0.15) is 61.3 Å². The molecule has 0 aliphatic heterocycles. The summed E-state index contributed by atoms with van der Waals surface area (Å²) in [6, 6.07) is 18.4. The number of carbonyl (C=O) groups is 2. The molecule has 1 aliphatic carbocycles. The van der Waals surface area contributed by atoms with Crippen LogP contribution in [0.5, 0.6) is 0 Å². The van der Waals surface area contributed by atoms with Crippen molar-refractivity contribution in [2.24, 2.45) is 0 Å². The number of amides is 2. The van der Waals surface area contributed by atoms with Gasteiger partial charge in [0.25, 0.3) is 10.0 Å². The molecule has 0 aromatic heterocycles. The smallest absolute Gasteiger partial charge is 0.264 e. The minimum absolute atomic E-state index is 0.0610. The average Bonchev–Trinajstić information content (AvgIpc) is 2.96. The Bertz CT molecular complexity index is 1520. The van der Waals surface area contributed by atoms with Gasteiger partial charge in [-0.1, -0.05) is 84.5 Å². The molecule has 3 aromatic rings. The molecule has 1 aliphatic rings. The third-order valence-corrected chi connectivity index (χ3v) is 10.1. The molecule has 1 fully saturated rings. The largest absolute Gasteiger partial charge is 0.352 e. The summed E-state index contributed by atoms with van der Waals surface area (Å²) in [5.41, 5.74) is 3.85. The van der Waals surface area contributed by atoms with E-state index in [-0.39, 0.29) is 29.1 Å². The maximum absolute atomic E-state index is 14.1. The molecule has 0 saturated heterocycles. The van der Waals surface area contributed by atoms with Gasteiger partial charge in [-0.2, -0.15) is 0 Å². The van der Waals surface area contributed by atoms with E-state index in [4.69, 9.17) is 11.6 Å². The molecule has 42 heavy (non-hydrogen) atoms. The van der Waals surface area contributed by atoms with Crippen molar-refractivity contribution in [1.29, 1.82) is 0 Å². The topological polar surface area (TPSA) is 86.8 Å². The molecule has 2 amide bonds. The number of nitrogens with one attached hydrogen (secondary N) is 1. The van der Waals surface area contributed by atoms with Gasteiger partial charge in [0.05, 0.1) is 10.6 Å². The first kappa shape index (κ1) is 31.6. The van der Waals surface area contributed by atoms with E-state index in [1.54, 1.807) is 37.3 Å². The molecule has 9 heteroatoms. The van der Waals surface area contributed by atoms with E-state index in [1.807, 2.05) is 45.0 Å². The summed E-state index contributed by atoms with van der Waals surface area (Å²) in [7, 11) is -4.15. The zero-order valence-electron chi connectivity index (χ0n) is 24.8. The van der Waals surface area contributed by atoms with Crippen molar-refractivity contribution in [3.05, 3.63) is 94.0 Å². The van der Waals surface area contributed by atoms with Gasteiger partial charge >= 0.3 is 0 Å². The van der Waals surface area contributed by atoms with Crippen LogP contribution >= 0.6 is 11.6 Å². The van der Waals surface area contributed by atoms with Gasteiger partial charge in [-0.15, -0.1) is 0 Å². The maximum Gasteiger partial charge on any atom is 0.264 e. The molecule has 224 valence electrons. The highest BCUT2D eigenvalue weighted by molar-refractivity contribution is 7.92. The van der Waals surface area contributed by atoms with Crippen LogP contribution in [0.4, 0.5) is 5.69 Å². The first-order valence-electron chi connectivity index (χ1n) is 14.5. The molecule has 7 nitrogen and oxygen atoms in total. The zero-order chi connectivity index (χ0) is 30.4. The van der Waals surface area contributed by atoms with Crippen molar-refractivity contribution in [2.75, 3.05) is 10.8 Å². The van der Waals surface area contributed by atoms with Crippen LogP contribution in [0, 0.1) is 20.8 Å². The fourth-order valence-electron chi connectivity index (χ4n) is 5.26. The monoisotopic (exact) mass is 609 g/mol. The first-order chi connectivity index (χ1) is 20.0. The van der Waals surface area contributed by atoms with Crippen molar-refractivity contribution in [2.45, 2.75) is 83.3 Å². The summed E-state index contributed by atoms with van der Waals surface area (Å²) < 4.78 is 29.1. The normalized spacial score (nSPS) is 14.7. The molecular formula is C33H40ClN3O4S. The molecule has 0 heterocycles. The molecule has 1 saturated carbocycles. The number of rotatable bonds is 10. The number of anilines is 1. The highest BCUT2D eigenvalue weighted by Gasteiger charge is 2.33. The summed E-state index contributed by atoms with van der Waals surface area (Å²) in [6.45, 7) is 7.03. The Kier molecular flexibility index (Phi) is 10.3. The number of aryl methyl sites for hydroxylation is 3. The van der Waals surface area contributed by atoms with Crippen LogP contribution in [-0.2, 0) is 26.2 Å². The first-order valence-corrected chi connectivity index (χ1v) is 16.3. The number of hydrogen-bond acceptors (Lipinski definition) is 4. The second kappa shape index (κ2) is 13.7. The van der Waals surface area contributed by atoms with Crippen LogP contribution < -0.4 is 9.62 Å². The van der Waals surface area contributed by atoms with Gasteiger partial charge in [0.1, 0.15) is 12.6 Å². The molecule has 0 radical (unpaired) electrons. The predicted molar refractivity (Wildman–Crippen MR) is 168 cm³/mol. The second-order valence-corrected chi connectivity index (χ2v) is 13.6. The summed E-state index contributed by atoms with van der Waals surface area (Å²) in [5.74, 6) is -0.732. The number of hydrogen-bond donors (Lipinski definition) is 1. The third-order valence-electron chi connectivity index (χ3n) is 7.89. The summed E-state index contributed by atoms with van der Waals surface area (Å²) in [5, 5.41) is 3.52. The van der Waals surface area contributed by atoms with Gasteiger partial charge in [-0.25, -0.2) is 8.42 Å². The van der Waals surface area contributed by atoms with Crippen LogP contribution in [0.3, 0.4) is 0 Å². The second-order valence-electron chi connectivity index (χ2n) is 11.3. The molecule has 0 spiro atoms. The standard InChI is InChI=1S/C33H40ClN3O4S/c1-23-13-17-30(18-14-23)42(40,41)37(29-16-15-25(3)31(34)20-29)22-32(38)36(21-27-10-8-9-24(2)19-27)26(4)33(39)35-28-11-6-5-7-12-28/h8-10,13-20,26,28H,5-7,11-12,21-22H2,1-4H3,(H,35,39). The van der Waals surface area contributed by atoms with Gasteiger partial charge in [0.2, 0.25) is 11.8 Å². The van der Waals surface area contributed by atoms with Crippen molar-refractivity contribution in [3.63, 3.8) is 0 Å². The van der Waals surface area contributed by atoms with Crippen molar-refractivity contribution in [3.8, 4) is 0 Å². The lowest BCUT2D eigenvalue weighted by Gasteiger charge is -2.33. The van der Waals surface area contributed by atoms with Gasteiger partial charge in [-0.05, 0) is 75.9 Å². The lowest BCUT2D eigenvalue weighted by molar-refractivity contribution is -0.139. The minimum atomic E-state index is -4.15. The van der Waals surface area contributed by atoms with E-state index in [0.717, 1.165) is 58.7 Å². The molecule has 1 unspecified atom stereocenters.